The summed E-state index contributed by atoms with van der Waals surface area (Å²) in [5.41, 5.74) is 2.31. The van der Waals surface area contributed by atoms with Crippen LogP contribution in [-0.2, 0) is 23.2 Å². The summed E-state index contributed by atoms with van der Waals surface area (Å²) in [6.45, 7) is 4.74. The highest BCUT2D eigenvalue weighted by atomic mass is 32.2. The van der Waals surface area contributed by atoms with E-state index in [1.807, 2.05) is 31.3 Å². The minimum atomic E-state index is -3.50. The number of ether oxygens (including phenoxy) is 1. The van der Waals surface area contributed by atoms with Crippen molar-refractivity contribution in [2.24, 2.45) is 0 Å². The number of hydrogen-bond donors (Lipinski definition) is 0. The van der Waals surface area contributed by atoms with E-state index in [-0.39, 0.29) is 4.90 Å². The Labute approximate surface area is 149 Å². The predicted molar refractivity (Wildman–Crippen MR) is 97.0 cm³/mol. The summed E-state index contributed by atoms with van der Waals surface area (Å²) < 4.78 is 33.1. The van der Waals surface area contributed by atoms with Gasteiger partial charge in [-0.1, -0.05) is 12.1 Å². The summed E-state index contributed by atoms with van der Waals surface area (Å²) in [6.07, 6.45) is 0. The molecule has 7 nitrogen and oxygen atoms in total. The second kappa shape index (κ2) is 7.55. The quantitative estimate of drug-likeness (QED) is 0.748. The highest BCUT2D eigenvalue weighted by Crippen LogP contribution is 2.22. The van der Waals surface area contributed by atoms with Crippen molar-refractivity contribution in [2.45, 2.75) is 32.0 Å². The molecule has 0 aliphatic carbocycles. The number of rotatable bonds is 7. The summed E-state index contributed by atoms with van der Waals surface area (Å²) in [5, 5.41) is 4.42. The van der Waals surface area contributed by atoms with Crippen molar-refractivity contribution in [1.29, 1.82) is 0 Å². The highest BCUT2D eigenvalue weighted by molar-refractivity contribution is 7.89. The van der Waals surface area contributed by atoms with Gasteiger partial charge in [-0.15, -0.1) is 0 Å². The van der Waals surface area contributed by atoms with Crippen molar-refractivity contribution in [1.82, 2.24) is 19.0 Å². The van der Waals surface area contributed by atoms with Gasteiger partial charge in [-0.05, 0) is 38.6 Å². The molecule has 25 heavy (non-hydrogen) atoms. The Kier molecular flexibility index (Phi) is 5.87. The van der Waals surface area contributed by atoms with Gasteiger partial charge in [0.25, 0.3) is 0 Å². The van der Waals surface area contributed by atoms with Crippen LogP contribution < -0.4 is 4.74 Å². The molecule has 1 heterocycles. The van der Waals surface area contributed by atoms with Crippen LogP contribution in [0.15, 0.2) is 29.2 Å². The number of methoxy groups -OCH3 is 1. The zero-order valence-corrected chi connectivity index (χ0v) is 16.5. The molecule has 0 fully saturated rings. The Hall–Kier alpha value is -1.90. The first-order valence-corrected chi connectivity index (χ1v) is 9.38. The maximum atomic E-state index is 12.5. The first-order chi connectivity index (χ1) is 11.7. The van der Waals surface area contributed by atoms with Crippen LogP contribution in [0.3, 0.4) is 0 Å². The number of aryl methyl sites for hydroxylation is 1. The van der Waals surface area contributed by atoms with Crippen LogP contribution in [0.5, 0.6) is 5.75 Å². The lowest BCUT2D eigenvalue weighted by atomic mass is 10.2. The third-order valence-corrected chi connectivity index (χ3v) is 6.11. The largest absolute Gasteiger partial charge is 0.497 e. The average Bonchev–Trinajstić information content (AvgIpc) is 2.82. The molecule has 0 aliphatic heterocycles. The molecule has 0 N–H and O–H groups in total. The van der Waals surface area contributed by atoms with Crippen molar-refractivity contribution in [3.63, 3.8) is 0 Å². The van der Waals surface area contributed by atoms with Gasteiger partial charge in [-0.2, -0.15) is 5.10 Å². The SMILES string of the molecule is COc1ccc(CN(C)Cn2nc(C)c(S(=O)(=O)N(C)C)c2C)cc1. The van der Waals surface area contributed by atoms with Crippen LogP contribution >= 0.6 is 0 Å². The van der Waals surface area contributed by atoms with Gasteiger partial charge in [-0.25, -0.2) is 12.7 Å². The van der Waals surface area contributed by atoms with Crippen LogP contribution in [0.25, 0.3) is 0 Å². The summed E-state index contributed by atoms with van der Waals surface area (Å²) in [4.78, 5) is 2.36. The number of benzene rings is 1. The van der Waals surface area contributed by atoms with Crippen molar-refractivity contribution in [3.8, 4) is 5.75 Å². The minimum absolute atomic E-state index is 0.287. The number of hydrogen-bond acceptors (Lipinski definition) is 5. The molecule has 0 bridgehead atoms. The molecule has 8 heteroatoms. The molecule has 0 radical (unpaired) electrons. The molecule has 2 aromatic rings. The van der Waals surface area contributed by atoms with Crippen molar-refractivity contribution >= 4 is 10.0 Å². The Balaban J connectivity index is 2.17. The highest BCUT2D eigenvalue weighted by Gasteiger charge is 2.26. The van der Waals surface area contributed by atoms with E-state index >= 15 is 0 Å². The van der Waals surface area contributed by atoms with Crippen LogP contribution in [-0.4, -0.2) is 55.7 Å². The maximum Gasteiger partial charge on any atom is 0.246 e. The van der Waals surface area contributed by atoms with E-state index in [1.165, 1.54) is 18.4 Å². The lowest BCUT2D eigenvalue weighted by Gasteiger charge is -2.18. The van der Waals surface area contributed by atoms with Gasteiger partial charge in [0, 0.05) is 20.6 Å². The summed E-state index contributed by atoms with van der Waals surface area (Å²) >= 11 is 0. The van der Waals surface area contributed by atoms with Gasteiger partial charge < -0.3 is 4.74 Å². The molecular formula is C17H26N4O3S. The second-order valence-corrected chi connectivity index (χ2v) is 8.38. The fraction of sp³-hybridized carbons (Fsp3) is 0.471. The van der Waals surface area contributed by atoms with Crippen molar-refractivity contribution in [2.75, 3.05) is 28.3 Å². The van der Waals surface area contributed by atoms with Crippen LogP contribution in [0.1, 0.15) is 17.0 Å². The Morgan fingerprint density at radius 3 is 2.24 bits per heavy atom. The van der Waals surface area contributed by atoms with E-state index in [0.717, 1.165) is 17.9 Å². The Morgan fingerprint density at radius 2 is 1.72 bits per heavy atom. The maximum absolute atomic E-state index is 12.5. The zero-order valence-electron chi connectivity index (χ0n) is 15.6. The number of aromatic nitrogens is 2. The van der Waals surface area contributed by atoms with E-state index in [9.17, 15) is 8.42 Å². The molecule has 138 valence electrons. The van der Waals surface area contributed by atoms with Gasteiger partial charge in [0.2, 0.25) is 10.0 Å². The van der Waals surface area contributed by atoms with Crippen LogP contribution in [0, 0.1) is 13.8 Å². The average molecular weight is 366 g/mol. The van der Waals surface area contributed by atoms with E-state index in [2.05, 4.69) is 10.00 Å². The van der Waals surface area contributed by atoms with Crippen LogP contribution in [0.4, 0.5) is 0 Å². The van der Waals surface area contributed by atoms with E-state index < -0.39 is 10.0 Å². The number of sulfonamides is 1. The Morgan fingerprint density at radius 1 is 1.12 bits per heavy atom. The Bertz CT molecular complexity index is 826. The standard InChI is InChI=1S/C17H26N4O3S/c1-13-17(25(22,23)19(3)4)14(2)21(18-13)12-20(5)11-15-7-9-16(24-6)10-8-15/h7-10H,11-12H2,1-6H3. The molecule has 0 spiro atoms. The molecule has 1 aromatic heterocycles. The molecular weight excluding hydrogens is 340 g/mol. The van der Waals surface area contributed by atoms with Crippen LogP contribution in [0.2, 0.25) is 0 Å². The fourth-order valence-electron chi connectivity index (χ4n) is 2.70. The third-order valence-electron chi connectivity index (χ3n) is 4.04. The molecule has 0 amide bonds. The molecule has 0 atom stereocenters. The summed E-state index contributed by atoms with van der Waals surface area (Å²) in [5.74, 6) is 0.823. The zero-order chi connectivity index (χ0) is 18.8. The summed E-state index contributed by atoms with van der Waals surface area (Å²) in [6, 6.07) is 7.87. The topological polar surface area (TPSA) is 67.7 Å². The van der Waals surface area contributed by atoms with Crippen molar-refractivity contribution < 1.29 is 13.2 Å². The van der Waals surface area contributed by atoms with Gasteiger partial charge in [0.1, 0.15) is 10.6 Å². The molecule has 1 aromatic carbocycles. The smallest absolute Gasteiger partial charge is 0.246 e. The van der Waals surface area contributed by atoms with Gasteiger partial charge in [-0.3, -0.25) is 9.58 Å². The third kappa shape index (κ3) is 4.20. The number of nitrogens with zero attached hydrogens (tertiary/aromatic N) is 4. The molecule has 0 saturated carbocycles. The first kappa shape index (κ1) is 19.4. The lowest BCUT2D eigenvalue weighted by Crippen LogP contribution is -2.25. The van der Waals surface area contributed by atoms with E-state index in [0.29, 0.717) is 18.1 Å². The van der Waals surface area contributed by atoms with Crippen molar-refractivity contribution in [3.05, 3.63) is 41.2 Å². The second-order valence-electron chi connectivity index (χ2n) is 6.29. The molecule has 2 rings (SSSR count). The fourth-order valence-corrected chi connectivity index (χ4v) is 3.95. The van der Waals surface area contributed by atoms with Gasteiger partial charge in [0.15, 0.2) is 0 Å². The normalized spacial score (nSPS) is 12.2. The minimum Gasteiger partial charge on any atom is -0.497 e. The molecule has 0 saturated heterocycles. The van der Waals surface area contributed by atoms with E-state index in [1.54, 1.807) is 25.6 Å². The summed E-state index contributed by atoms with van der Waals surface area (Å²) in [7, 11) is 3.17. The van der Waals surface area contributed by atoms with Gasteiger partial charge in [0.05, 0.1) is 25.2 Å². The lowest BCUT2D eigenvalue weighted by molar-refractivity contribution is 0.243. The predicted octanol–water partition coefficient (Wildman–Crippen LogP) is 1.85. The van der Waals surface area contributed by atoms with Gasteiger partial charge >= 0.3 is 0 Å². The molecule has 0 unspecified atom stereocenters. The molecule has 0 aliphatic rings. The monoisotopic (exact) mass is 366 g/mol. The van der Waals surface area contributed by atoms with E-state index in [4.69, 9.17) is 4.74 Å². The first-order valence-electron chi connectivity index (χ1n) is 7.94.